The van der Waals surface area contributed by atoms with Gasteiger partial charge in [-0.05, 0) is 33.3 Å². The van der Waals surface area contributed by atoms with Gasteiger partial charge in [-0.3, -0.25) is 14.6 Å². The largest absolute Gasteiger partial charge is 0.452 e. The zero-order valence-corrected chi connectivity index (χ0v) is 13.4. The van der Waals surface area contributed by atoms with Crippen LogP contribution in [0.5, 0.6) is 0 Å². The Morgan fingerprint density at radius 1 is 1.13 bits per heavy atom. The molecule has 0 spiro atoms. The van der Waals surface area contributed by atoms with Crippen molar-refractivity contribution in [1.82, 2.24) is 15.0 Å². The SMILES string of the molecule is CC(=O)c1c(C)[nH]c(C(=O)COC(=O)c2cnc(C)cn2)c1C. The Hall–Kier alpha value is -2.83. The molecule has 7 heteroatoms. The van der Waals surface area contributed by atoms with E-state index in [2.05, 4.69) is 15.0 Å². The number of hydrogen-bond acceptors (Lipinski definition) is 6. The first-order valence-corrected chi connectivity index (χ1v) is 7.00. The molecule has 7 nitrogen and oxygen atoms in total. The molecule has 0 unspecified atom stereocenters. The highest BCUT2D eigenvalue weighted by molar-refractivity contribution is 6.04. The molecule has 23 heavy (non-hydrogen) atoms. The zero-order valence-electron chi connectivity index (χ0n) is 13.4. The molecule has 2 heterocycles. The average molecular weight is 315 g/mol. The maximum Gasteiger partial charge on any atom is 0.358 e. The van der Waals surface area contributed by atoms with Gasteiger partial charge in [-0.1, -0.05) is 0 Å². The Labute approximate surface area is 133 Å². The molecule has 0 aliphatic carbocycles. The predicted octanol–water partition coefficient (Wildman–Crippen LogP) is 1.97. The van der Waals surface area contributed by atoms with Gasteiger partial charge in [-0.25, -0.2) is 9.78 Å². The number of aromatic nitrogens is 3. The Morgan fingerprint density at radius 2 is 1.83 bits per heavy atom. The number of rotatable bonds is 5. The lowest BCUT2D eigenvalue weighted by atomic mass is 10.1. The van der Waals surface area contributed by atoms with Crippen LogP contribution in [0.25, 0.3) is 0 Å². The molecule has 0 aliphatic rings. The number of carbonyl (C=O) groups excluding carboxylic acids is 3. The molecular weight excluding hydrogens is 298 g/mol. The maximum atomic E-state index is 12.2. The number of aryl methyl sites for hydroxylation is 2. The summed E-state index contributed by atoms with van der Waals surface area (Å²) in [6, 6.07) is 0. The third kappa shape index (κ3) is 3.50. The van der Waals surface area contributed by atoms with Gasteiger partial charge in [0.1, 0.15) is 0 Å². The minimum absolute atomic E-state index is 0.0345. The lowest BCUT2D eigenvalue weighted by Crippen LogP contribution is -2.16. The Morgan fingerprint density at radius 3 is 2.35 bits per heavy atom. The molecule has 0 saturated carbocycles. The molecule has 0 saturated heterocycles. The van der Waals surface area contributed by atoms with Crippen LogP contribution < -0.4 is 0 Å². The molecule has 0 aromatic carbocycles. The van der Waals surface area contributed by atoms with Gasteiger partial charge in [0.2, 0.25) is 5.78 Å². The fourth-order valence-electron chi connectivity index (χ4n) is 2.33. The van der Waals surface area contributed by atoms with Crippen molar-refractivity contribution in [3.8, 4) is 0 Å². The van der Waals surface area contributed by atoms with E-state index in [1.54, 1.807) is 20.8 Å². The normalized spacial score (nSPS) is 10.4. The van der Waals surface area contributed by atoms with Crippen LogP contribution >= 0.6 is 0 Å². The maximum absolute atomic E-state index is 12.2. The number of carbonyl (C=O) groups is 3. The second kappa shape index (κ2) is 6.51. The van der Waals surface area contributed by atoms with E-state index < -0.39 is 18.4 Å². The number of hydrogen-bond donors (Lipinski definition) is 1. The van der Waals surface area contributed by atoms with E-state index in [1.165, 1.54) is 19.3 Å². The molecule has 120 valence electrons. The van der Waals surface area contributed by atoms with Gasteiger partial charge in [0, 0.05) is 17.5 Å². The molecule has 0 radical (unpaired) electrons. The summed E-state index contributed by atoms with van der Waals surface area (Å²) in [4.78, 5) is 46.3. The summed E-state index contributed by atoms with van der Waals surface area (Å²) in [7, 11) is 0. The monoisotopic (exact) mass is 315 g/mol. The Bertz CT molecular complexity index is 775. The molecule has 0 aliphatic heterocycles. The first kappa shape index (κ1) is 16.5. The highest BCUT2D eigenvalue weighted by Crippen LogP contribution is 2.19. The van der Waals surface area contributed by atoms with Crippen molar-refractivity contribution in [2.75, 3.05) is 6.61 Å². The van der Waals surface area contributed by atoms with Crippen molar-refractivity contribution in [1.29, 1.82) is 0 Å². The summed E-state index contributed by atoms with van der Waals surface area (Å²) in [5.41, 5.74) is 2.65. The van der Waals surface area contributed by atoms with Crippen molar-refractivity contribution in [3.05, 3.63) is 46.3 Å². The summed E-state index contributed by atoms with van der Waals surface area (Å²) >= 11 is 0. The van der Waals surface area contributed by atoms with Crippen LogP contribution in [0.2, 0.25) is 0 Å². The molecule has 0 atom stereocenters. The molecule has 0 amide bonds. The summed E-state index contributed by atoms with van der Waals surface area (Å²) in [5.74, 6) is -1.26. The summed E-state index contributed by atoms with van der Waals surface area (Å²) in [6.07, 6.45) is 2.73. The molecule has 2 aromatic heterocycles. The van der Waals surface area contributed by atoms with Crippen LogP contribution in [0, 0.1) is 20.8 Å². The second-order valence-corrected chi connectivity index (χ2v) is 5.22. The smallest absolute Gasteiger partial charge is 0.358 e. The van der Waals surface area contributed by atoms with Crippen LogP contribution in [0.4, 0.5) is 0 Å². The van der Waals surface area contributed by atoms with E-state index in [1.807, 2.05) is 0 Å². The summed E-state index contributed by atoms with van der Waals surface area (Å²) < 4.78 is 4.95. The highest BCUT2D eigenvalue weighted by atomic mass is 16.5. The topological polar surface area (TPSA) is 102 Å². The third-order valence-corrected chi connectivity index (χ3v) is 3.39. The molecule has 2 rings (SSSR count). The zero-order chi connectivity index (χ0) is 17.1. The molecule has 0 bridgehead atoms. The molecule has 2 aromatic rings. The summed E-state index contributed by atoms with van der Waals surface area (Å²) in [5, 5.41) is 0. The van der Waals surface area contributed by atoms with Crippen LogP contribution in [0.3, 0.4) is 0 Å². The van der Waals surface area contributed by atoms with Crippen molar-refractivity contribution in [2.45, 2.75) is 27.7 Å². The minimum atomic E-state index is -0.724. The number of nitrogens with one attached hydrogen (secondary N) is 1. The van der Waals surface area contributed by atoms with Crippen molar-refractivity contribution >= 4 is 17.5 Å². The van der Waals surface area contributed by atoms with E-state index >= 15 is 0 Å². The number of nitrogens with zero attached hydrogens (tertiary/aromatic N) is 2. The number of aromatic amines is 1. The summed E-state index contributed by atoms with van der Waals surface area (Å²) in [6.45, 7) is 6.14. The van der Waals surface area contributed by atoms with Gasteiger partial charge in [0.25, 0.3) is 0 Å². The number of ether oxygens (including phenoxy) is 1. The van der Waals surface area contributed by atoms with E-state index in [0.717, 1.165) is 0 Å². The van der Waals surface area contributed by atoms with Crippen LogP contribution in [0.15, 0.2) is 12.4 Å². The minimum Gasteiger partial charge on any atom is -0.452 e. The standard InChI is InChI=1S/C16H17N3O4/c1-8-5-18-12(6-17-8)16(22)23-7-13(21)15-9(2)14(11(4)20)10(3)19-15/h5-6,19H,7H2,1-4H3. The van der Waals surface area contributed by atoms with Crippen LogP contribution in [-0.2, 0) is 4.74 Å². The van der Waals surface area contributed by atoms with Crippen LogP contribution in [0.1, 0.15) is 55.2 Å². The Balaban J connectivity index is 2.08. The third-order valence-electron chi connectivity index (χ3n) is 3.39. The fraction of sp³-hybridized carbons (Fsp3) is 0.312. The predicted molar refractivity (Wildman–Crippen MR) is 81.7 cm³/mol. The lowest BCUT2D eigenvalue weighted by Gasteiger charge is -2.04. The number of H-pyrrole nitrogens is 1. The molecule has 0 fully saturated rings. The van der Waals surface area contributed by atoms with Crippen LogP contribution in [-0.4, -0.2) is 39.1 Å². The first-order chi connectivity index (χ1) is 10.8. The van der Waals surface area contributed by atoms with E-state index in [9.17, 15) is 14.4 Å². The number of Topliss-reactive ketones (excluding diaryl/α,β-unsaturated/α-hetero) is 2. The van der Waals surface area contributed by atoms with Crippen molar-refractivity contribution in [2.24, 2.45) is 0 Å². The average Bonchev–Trinajstić information content (AvgIpc) is 2.80. The first-order valence-electron chi connectivity index (χ1n) is 7.00. The van der Waals surface area contributed by atoms with Crippen molar-refractivity contribution < 1.29 is 19.1 Å². The van der Waals surface area contributed by atoms with Crippen molar-refractivity contribution in [3.63, 3.8) is 0 Å². The van der Waals surface area contributed by atoms with Gasteiger partial charge >= 0.3 is 5.97 Å². The second-order valence-electron chi connectivity index (χ2n) is 5.22. The number of esters is 1. The highest BCUT2D eigenvalue weighted by Gasteiger charge is 2.21. The van der Waals surface area contributed by atoms with E-state index in [0.29, 0.717) is 22.5 Å². The fourth-order valence-corrected chi connectivity index (χ4v) is 2.33. The van der Waals surface area contributed by atoms with Gasteiger partial charge in [-0.15, -0.1) is 0 Å². The molecule has 1 N–H and O–H groups in total. The molecular formula is C16H17N3O4. The Kier molecular flexibility index (Phi) is 4.68. The lowest BCUT2D eigenvalue weighted by molar-refractivity contribution is 0.0467. The van der Waals surface area contributed by atoms with Gasteiger partial charge in [0.05, 0.1) is 17.6 Å². The van der Waals surface area contributed by atoms with E-state index in [-0.39, 0.29) is 17.2 Å². The quantitative estimate of drug-likeness (QED) is 0.668. The van der Waals surface area contributed by atoms with Gasteiger partial charge in [0.15, 0.2) is 18.1 Å². The number of ketones is 2. The van der Waals surface area contributed by atoms with Gasteiger partial charge in [-0.2, -0.15) is 0 Å². The van der Waals surface area contributed by atoms with Gasteiger partial charge < -0.3 is 9.72 Å². The van der Waals surface area contributed by atoms with E-state index in [4.69, 9.17) is 4.74 Å².